The van der Waals surface area contributed by atoms with E-state index >= 15 is 0 Å². The zero-order valence-corrected chi connectivity index (χ0v) is 13.8. The van der Waals surface area contributed by atoms with E-state index in [2.05, 4.69) is 10.3 Å². The molecule has 2 heterocycles. The van der Waals surface area contributed by atoms with Gasteiger partial charge in [-0.05, 0) is 36.4 Å². The van der Waals surface area contributed by atoms with Crippen LogP contribution in [-0.2, 0) is 11.5 Å². The maximum Gasteiger partial charge on any atom is 0.376 e. The van der Waals surface area contributed by atoms with Gasteiger partial charge in [0.05, 0.1) is 10.9 Å². The zero-order chi connectivity index (χ0) is 18.8. The van der Waals surface area contributed by atoms with E-state index in [1.165, 1.54) is 24.3 Å². The Morgan fingerprint density at radius 2 is 1.85 bits per heavy atom. The molecule has 0 saturated heterocycles. The number of carbonyl (C=O) groups excluding carboxylic acids is 1. The highest BCUT2D eigenvalue weighted by molar-refractivity contribution is 5.87. The monoisotopic (exact) mass is 365 g/mol. The highest BCUT2D eigenvalue weighted by Gasteiger charge is 2.16. The normalized spacial score (nSPS) is 10.9. The van der Waals surface area contributed by atoms with Gasteiger partial charge in [0, 0.05) is 0 Å². The Kier molecular flexibility index (Phi) is 4.21. The molecule has 0 N–H and O–H groups in total. The van der Waals surface area contributed by atoms with Crippen molar-refractivity contribution in [2.24, 2.45) is 0 Å². The highest BCUT2D eigenvalue weighted by Crippen LogP contribution is 2.25. The SMILES string of the molecule is O=C(OCn1nnc2ccccc2c1=O)c1ccc(-c2ccccc2F)o1. The maximum atomic E-state index is 13.8. The molecule has 0 bridgehead atoms. The van der Waals surface area contributed by atoms with Gasteiger partial charge in [0.25, 0.3) is 5.56 Å². The summed E-state index contributed by atoms with van der Waals surface area (Å²) in [5.41, 5.74) is 0.249. The van der Waals surface area contributed by atoms with E-state index in [0.717, 1.165) is 4.68 Å². The summed E-state index contributed by atoms with van der Waals surface area (Å²) in [5.74, 6) is -1.19. The second-order valence-corrected chi connectivity index (χ2v) is 5.62. The van der Waals surface area contributed by atoms with Crippen LogP contribution in [0.25, 0.3) is 22.2 Å². The van der Waals surface area contributed by atoms with E-state index in [1.54, 1.807) is 36.4 Å². The van der Waals surface area contributed by atoms with Crippen LogP contribution in [0.1, 0.15) is 10.6 Å². The molecular formula is C19H12FN3O4. The van der Waals surface area contributed by atoms with E-state index in [-0.39, 0.29) is 17.1 Å². The van der Waals surface area contributed by atoms with Gasteiger partial charge in [-0.25, -0.2) is 9.18 Å². The molecule has 0 amide bonds. The van der Waals surface area contributed by atoms with Gasteiger partial charge < -0.3 is 9.15 Å². The number of hydrogen-bond donors (Lipinski definition) is 0. The van der Waals surface area contributed by atoms with Crippen LogP contribution in [0.4, 0.5) is 4.39 Å². The minimum atomic E-state index is -0.806. The molecule has 134 valence electrons. The molecule has 2 aromatic heterocycles. The van der Waals surface area contributed by atoms with Crippen molar-refractivity contribution in [1.29, 1.82) is 0 Å². The highest BCUT2D eigenvalue weighted by atomic mass is 19.1. The summed E-state index contributed by atoms with van der Waals surface area (Å²) in [4.78, 5) is 24.5. The number of nitrogens with zero attached hydrogens (tertiary/aromatic N) is 3. The van der Waals surface area contributed by atoms with Crippen LogP contribution in [0.5, 0.6) is 0 Å². The van der Waals surface area contributed by atoms with Crippen LogP contribution in [0.3, 0.4) is 0 Å². The number of halogens is 1. The van der Waals surface area contributed by atoms with Crippen molar-refractivity contribution in [1.82, 2.24) is 15.0 Å². The summed E-state index contributed by atoms with van der Waals surface area (Å²) in [7, 11) is 0. The molecule has 7 nitrogen and oxygen atoms in total. The molecule has 0 aliphatic carbocycles. The molecule has 0 unspecified atom stereocenters. The number of esters is 1. The van der Waals surface area contributed by atoms with Gasteiger partial charge in [0.2, 0.25) is 5.76 Å². The number of fused-ring (bicyclic) bond motifs is 1. The van der Waals surface area contributed by atoms with Crippen molar-refractivity contribution in [3.05, 3.63) is 82.6 Å². The van der Waals surface area contributed by atoms with Crippen LogP contribution in [0.15, 0.2) is 69.9 Å². The fourth-order valence-electron chi connectivity index (χ4n) is 2.55. The van der Waals surface area contributed by atoms with Gasteiger partial charge in [0.1, 0.15) is 17.1 Å². The van der Waals surface area contributed by atoms with Gasteiger partial charge in [-0.15, -0.1) is 5.10 Å². The van der Waals surface area contributed by atoms with E-state index in [9.17, 15) is 14.0 Å². The minimum absolute atomic E-state index is 0.116. The standard InChI is InChI=1S/C19H12FN3O4/c20-14-7-3-1-5-12(14)16-9-10-17(27-16)19(25)26-11-23-18(24)13-6-2-4-8-15(13)21-22-23/h1-10H,11H2. The Bertz CT molecular complexity index is 1200. The van der Waals surface area contributed by atoms with Crippen LogP contribution < -0.4 is 5.56 Å². The predicted molar refractivity (Wildman–Crippen MR) is 93.3 cm³/mol. The van der Waals surface area contributed by atoms with E-state index in [1.807, 2.05) is 0 Å². The number of hydrogen-bond acceptors (Lipinski definition) is 6. The third-order valence-corrected chi connectivity index (χ3v) is 3.89. The lowest BCUT2D eigenvalue weighted by atomic mass is 10.1. The first-order valence-electron chi connectivity index (χ1n) is 7.98. The van der Waals surface area contributed by atoms with Gasteiger partial charge in [-0.3, -0.25) is 4.79 Å². The first kappa shape index (κ1) is 16.6. The first-order chi connectivity index (χ1) is 13.1. The first-order valence-corrected chi connectivity index (χ1v) is 7.98. The van der Waals surface area contributed by atoms with Crippen molar-refractivity contribution in [3.8, 4) is 11.3 Å². The summed E-state index contributed by atoms with van der Waals surface area (Å²) < 4.78 is 25.1. The van der Waals surface area contributed by atoms with Crippen molar-refractivity contribution in [3.63, 3.8) is 0 Å². The molecule has 0 spiro atoms. The summed E-state index contributed by atoms with van der Waals surface area (Å²) in [5, 5.41) is 8.00. The maximum absolute atomic E-state index is 13.8. The Hall–Kier alpha value is -3.81. The number of benzene rings is 2. The zero-order valence-electron chi connectivity index (χ0n) is 13.8. The molecule has 0 aliphatic rings. The summed E-state index contributed by atoms with van der Waals surface area (Å²) >= 11 is 0. The third kappa shape index (κ3) is 3.20. The average Bonchev–Trinajstić information content (AvgIpc) is 3.18. The predicted octanol–water partition coefficient (Wildman–Crippen LogP) is 3.01. The molecule has 8 heteroatoms. The lowest BCUT2D eigenvalue weighted by Crippen LogP contribution is -2.26. The fraction of sp³-hybridized carbons (Fsp3) is 0.0526. The molecule has 4 aromatic rings. The van der Waals surface area contributed by atoms with Gasteiger partial charge >= 0.3 is 5.97 Å². The van der Waals surface area contributed by atoms with Crippen molar-refractivity contribution in [2.45, 2.75) is 6.73 Å². The number of ether oxygens (including phenoxy) is 1. The molecule has 27 heavy (non-hydrogen) atoms. The summed E-state index contributed by atoms with van der Waals surface area (Å²) in [6, 6.07) is 15.6. The van der Waals surface area contributed by atoms with Crippen molar-refractivity contribution in [2.75, 3.05) is 0 Å². The Labute approximate surface area is 151 Å². The van der Waals surface area contributed by atoms with E-state index in [4.69, 9.17) is 9.15 Å². The molecule has 0 radical (unpaired) electrons. The Morgan fingerprint density at radius 3 is 2.70 bits per heavy atom. The van der Waals surface area contributed by atoms with Crippen LogP contribution >= 0.6 is 0 Å². The molecule has 0 fully saturated rings. The van der Waals surface area contributed by atoms with E-state index in [0.29, 0.717) is 10.9 Å². The number of furan rings is 1. The lowest BCUT2D eigenvalue weighted by Gasteiger charge is -2.05. The quantitative estimate of drug-likeness (QED) is 0.517. The molecule has 0 aliphatic heterocycles. The number of rotatable bonds is 4. The molecular weight excluding hydrogens is 353 g/mol. The minimum Gasteiger partial charge on any atom is -0.449 e. The number of carbonyl (C=O) groups is 1. The van der Waals surface area contributed by atoms with Crippen LogP contribution in [-0.4, -0.2) is 21.0 Å². The van der Waals surface area contributed by atoms with Gasteiger partial charge in [-0.1, -0.05) is 29.5 Å². The van der Waals surface area contributed by atoms with Crippen LogP contribution in [0, 0.1) is 5.82 Å². The van der Waals surface area contributed by atoms with Crippen molar-refractivity contribution < 1.29 is 18.3 Å². The Morgan fingerprint density at radius 1 is 1.07 bits per heavy atom. The largest absolute Gasteiger partial charge is 0.449 e. The molecule has 4 rings (SSSR count). The van der Waals surface area contributed by atoms with Gasteiger partial charge in [-0.2, -0.15) is 4.68 Å². The lowest BCUT2D eigenvalue weighted by molar-refractivity contribution is 0.0301. The molecule has 0 saturated carbocycles. The summed E-state index contributed by atoms with van der Waals surface area (Å²) in [6.07, 6.45) is 0. The van der Waals surface area contributed by atoms with Gasteiger partial charge in [0.15, 0.2) is 6.73 Å². The fourth-order valence-corrected chi connectivity index (χ4v) is 2.55. The second kappa shape index (κ2) is 6.83. The van der Waals surface area contributed by atoms with Crippen LogP contribution in [0.2, 0.25) is 0 Å². The topological polar surface area (TPSA) is 87.2 Å². The van der Waals surface area contributed by atoms with E-state index < -0.39 is 24.1 Å². The average molecular weight is 365 g/mol. The Balaban J connectivity index is 1.52. The third-order valence-electron chi connectivity index (χ3n) is 3.89. The van der Waals surface area contributed by atoms with Crippen molar-refractivity contribution >= 4 is 16.9 Å². The smallest absolute Gasteiger partial charge is 0.376 e. The number of aromatic nitrogens is 3. The second-order valence-electron chi connectivity index (χ2n) is 5.62. The molecule has 2 aromatic carbocycles. The summed E-state index contributed by atoms with van der Waals surface area (Å²) in [6.45, 7) is -0.425. The molecule has 0 atom stereocenters.